The first kappa shape index (κ1) is 17.4. The van der Waals surface area contributed by atoms with E-state index in [1.165, 1.54) is 22.2 Å². The summed E-state index contributed by atoms with van der Waals surface area (Å²) in [5.41, 5.74) is -0.108. The van der Waals surface area contributed by atoms with Gasteiger partial charge in [-0.3, -0.25) is 9.59 Å². The highest BCUT2D eigenvalue weighted by Crippen LogP contribution is 2.38. The van der Waals surface area contributed by atoms with Crippen LogP contribution in [-0.2, 0) is 11.3 Å². The van der Waals surface area contributed by atoms with E-state index in [4.69, 9.17) is 5.11 Å². The van der Waals surface area contributed by atoms with Gasteiger partial charge in [0.25, 0.3) is 5.91 Å². The summed E-state index contributed by atoms with van der Waals surface area (Å²) in [5, 5.41) is 18.4. The van der Waals surface area contributed by atoms with Crippen molar-refractivity contribution < 1.29 is 27.9 Å². The molecule has 0 spiro atoms. The molecular formula is C14H13F3N4O3S. The van der Waals surface area contributed by atoms with Crippen LogP contribution in [0.4, 0.5) is 13.2 Å². The van der Waals surface area contributed by atoms with Crippen LogP contribution in [-0.4, -0.2) is 56.1 Å². The van der Waals surface area contributed by atoms with E-state index in [-0.39, 0.29) is 5.69 Å². The average molecular weight is 374 g/mol. The van der Waals surface area contributed by atoms with Crippen LogP contribution in [0.2, 0.25) is 0 Å². The standard InChI is InChI=1S/C14H13F3N4O3S/c15-14(16,17)10-6-20(5-9(10)13(23)24)12(22)11-7-21(19-18-11)4-8-2-1-3-25-8/h1-3,7,9-10H,4-6H2,(H,23,24)/t9-,10-/m1/s1. The van der Waals surface area contributed by atoms with E-state index in [2.05, 4.69) is 10.3 Å². The lowest BCUT2D eigenvalue weighted by molar-refractivity contribution is -0.187. The quantitative estimate of drug-likeness (QED) is 0.880. The molecule has 1 aliphatic heterocycles. The molecule has 7 nitrogen and oxygen atoms in total. The van der Waals surface area contributed by atoms with Crippen LogP contribution >= 0.6 is 11.3 Å². The van der Waals surface area contributed by atoms with Crippen LogP contribution in [0.15, 0.2) is 23.7 Å². The number of hydrogen-bond donors (Lipinski definition) is 1. The Balaban J connectivity index is 1.73. The van der Waals surface area contributed by atoms with E-state index >= 15 is 0 Å². The van der Waals surface area contributed by atoms with Crippen LogP contribution in [0.3, 0.4) is 0 Å². The van der Waals surface area contributed by atoms with Gasteiger partial charge >= 0.3 is 12.1 Å². The summed E-state index contributed by atoms with van der Waals surface area (Å²) in [4.78, 5) is 25.3. The maximum absolute atomic E-state index is 13.0. The van der Waals surface area contributed by atoms with Crippen LogP contribution in [0.1, 0.15) is 15.4 Å². The third-order valence-corrected chi connectivity index (χ3v) is 4.86. The minimum Gasteiger partial charge on any atom is -0.481 e. The summed E-state index contributed by atoms with van der Waals surface area (Å²) in [6.45, 7) is -0.811. The number of rotatable bonds is 4. The van der Waals surface area contributed by atoms with Crippen molar-refractivity contribution in [1.82, 2.24) is 19.9 Å². The Kier molecular flexibility index (Phi) is 4.50. The Hall–Kier alpha value is -2.43. The van der Waals surface area contributed by atoms with E-state index in [1.54, 1.807) is 0 Å². The molecule has 0 radical (unpaired) electrons. The van der Waals surface area contributed by atoms with E-state index < -0.39 is 43.0 Å². The molecule has 11 heteroatoms. The molecule has 1 saturated heterocycles. The molecule has 0 aliphatic carbocycles. The van der Waals surface area contributed by atoms with Crippen LogP contribution in [0.5, 0.6) is 0 Å². The predicted molar refractivity (Wildman–Crippen MR) is 80.0 cm³/mol. The van der Waals surface area contributed by atoms with Gasteiger partial charge in [-0.1, -0.05) is 11.3 Å². The van der Waals surface area contributed by atoms with E-state index in [0.29, 0.717) is 6.54 Å². The Labute approximate surface area is 143 Å². The molecule has 2 aromatic heterocycles. The summed E-state index contributed by atoms with van der Waals surface area (Å²) in [6.07, 6.45) is -3.34. The average Bonchev–Trinajstić information content (AvgIpc) is 3.26. The molecule has 3 rings (SSSR count). The smallest absolute Gasteiger partial charge is 0.394 e. The largest absolute Gasteiger partial charge is 0.481 e. The molecule has 0 bridgehead atoms. The van der Waals surface area contributed by atoms with Gasteiger partial charge in [0.2, 0.25) is 0 Å². The molecule has 25 heavy (non-hydrogen) atoms. The number of amides is 1. The molecule has 0 saturated carbocycles. The number of aliphatic carboxylic acids is 1. The molecule has 1 amide bonds. The summed E-state index contributed by atoms with van der Waals surface area (Å²) < 4.78 is 40.4. The van der Waals surface area contributed by atoms with Crippen molar-refractivity contribution in [2.75, 3.05) is 13.1 Å². The van der Waals surface area contributed by atoms with Crippen LogP contribution < -0.4 is 0 Å². The van der Waals surface area contributed by atoms with Gasteiger partial charge in [-0.25, -0.2) is 4.68 Å². The Bertz CT molecular complexity index is 775. The summed E-state index contributed by atoms with van der Waals surface area (Å²) in [7, 11) is 0. The number of aromatic nitrogens is 3. The number of carboxylic acids is 1. The zero-order valence-electron chi connectivity index (χ0n) is 12.7. The first-order valence-corrected chi connectivity index (χ1v) is 8.15. The zero-order valence-corrected chi connectivity index (χ0v) is 13.5. The monoisotopic (exact) mass is 374 g/mol. The van der Waals surface area contributed by atoms with Crippen LogP contribution in [0.25, 0.3) is 0 Å². The third-order valence-electron chi connectivity index (χ3n) is 4.00. The van der Waals surface area contributed by atoms with Gasteiger partial charge in [0.1, 0.15) is 0 Å². The number of likely N-dealkylation sites (tertiary alicyclic amines) is 1. The normalized spacial score (nSPS) is 20.8. The van der Waals surface area contributed by atoms with Gasteiger partial charge < -0.3 is 10.0 Å². The number of carbonyl (C=O) groups excluding carboxylic acids is 1. The van der Waals surface area contributed by atoms with Crippen molar-refractivity contribution >= 4 is 23.2 Å². The fourth-order valence-electron chi connectivity index (χ4n) is 2.75. The van der Waals surface area contributed by atoms with Crippen molar-refractivity contribution in [1.29, 1.82) is 0 Å². The summed E-state index contributed by atoms with van der Waals surface area (Å²) in [5.74, 6) is -6.09. The number of alkyl halides is 3. The summed E-state index contributed by atoms with van der Waals surface area (Å²) >= 11 is 1.49. The lowest BCUT2D eigenvalue weighted by Gasteiger charge is -2.17. The van der Waals surface area contributed by atoms with Gasteiger partial charge in [0.15, 0.2) is 5.69 Å². The number of thiophene rings is 1. The zero-order chi connectivity index (χ0) is 18.2. The minimum atomic E-state index is -4.69. The van der Waals surface area contributed by atoms with Gasteiger partial charge in [-0.2, -0.15) is 13.2 Å². The Morgan fingerprint density at radius 3 is 2.68 bits per heavy atom. The maximum Gasteiger partial charge on any atom is 0.394 e. The van der Waals surface area contributed by atoms with Gasteiger partial charge in [0.05, 0.1) is 24.6 Å². The lowest BCUT2D eigenvalue weighted by atomic mass is 9.96. The number of halogens is 3. The van der Waals surface area contributed by atoms with E-state index in [0.717, 1.165) is 9.78 Å². The number of carboxylic acid groups (broad SMARTS) is 1. The predicted octanol–water partition coefficient (Wildman–Crippen LogP) is 1.72. The molecule has 3 heterocycles. The van der Waals surface area contributed by atoms with E-state index in [1.807, 2.05) is 17.5 Å². The van der Waals surface area contributed by atoms with Gasteiger partial charge in [0, 0.05) is 18.0 Å². The molecule has 134 valence electrons. The molecule has 1 N–H and O–H groups in total. The highest BCUT2D eigenvalue weighted by atomic mass is 32.1. The number of nitrogens with zero attached hydrogens (tertiary/aromatic N) is 4. The lowest BCUT2D eigenvalue weighted by Crippen LogP contribution is -2.34. The molecular weight excluding hydrogens is 361 g/mol. The molecule has 1 aliphatic rings. The Morgan fingerprint density at radius 1 is 1.36 bits per heavy atom. The molecule has 0 aromatic carbocycles. The topological polar surface area (TPSA) is 88.3 Å². The molecule has 2 atom stereocenters. The van der Waals surface area contributed by atoms with Gasteiger partial charge in [-0.15, -0.1) is 16.4 Å². The minimum absolute atomic E-state index is 0.108. The first-order chi connectivity index (χ1) is 11.8. The number of carbonyl (C=O) groups is 2. The fourth-order valence-corrected chi connectivity index (χ4v) is 3.45. The first-order valence-electron chi connectivity index (χ1n) is 7.27. The summed E-state index contributed by atoms with van der Waals surface area (Å²) in [6, 6.07) is 3.73. The second-order valence-corrected chi connectivity index (χ2v) is 6.72. The van der Waals surface area contributed by atoms with Crippen LogP contribution in [0, 0.1) is 11.8 Å². The third kappa shape index (κ3) is 3.65. The van der Waals surface area contributed by atoms with E-state index in [9.17, 15) is 22.8 Å². The van der Waals surface area contributed by atoms with Crippen molar-refractivity contribution in [2.45, 2.75) is 12.7 Å². The molecule has 2 aromatic rings. The van der Waals surface area contributed by atoms with Crippen molar-refractivity contribution in [3.05, 3.63) is 34.3 Å². The number of hydrogen-bond acceptors (Lipinski definition) is 5. The second-order valence-electron chi connectivity index (χ2n) is 5.68. The second kappa shape index (κ2) is 6.47. The Morgan fingerprint density at radius 2 is 2.12 bits per heavy atom. The highest BCUT2D eigenvalue weighted by molar-refractivity contribution is 7.09. The highest BCUT2D eigenvalue weighted by Gasteiger charge is 2.53. The molecule has 1 fully saturated rings. The van der Waals surface area contributed by atoms with Crippen molar-refractivity contribution in [3.63, 3.8) is 0 Å². The fraction of sp³-hybridized carbons (Fsp3) is 0.429. The SMILES string of the molecule is O=C(O)[C@@H]1CN(C(=O)c2cn(Cc3cccs3)nn2)C[C@H]1C(F)(F)F. The van der Waals surface area contributed by atoms with Gasteiger partial charge in [-0.05, 0) is 11.4 Å². The van der Waals surface area contributed by atoms with Crippen molar-refractivity contribution in [2.24, 2.45) is 11.8 Å². The van der Waals surface area contributed by atoms with Crippen molar-refractivity contribution in [3.8, 4) is 0 Å². The molecule has 0 unspecified atom stereocenters. The maximum atomic E-state index is 13.0.